The molecule has 0 fully saturated rings. The molecule has 0 bridgehead atoms. The quantitative estimate of drug-likeness (QED) is 0.833. The van der Waals surface area contributed by atoms with Gasteiger partial charge in [-0.1, -0.05) is 45.0 Å². The summed E-state index contributed by atoms with van der Waals surface area (Å²) in [6, 6.07) is 10.1. The molecule has 3 heteroatoms. The van der Waals surface area contributed by atoms with Crippen LogP contribution in [0.4, 0.5) is 5.82 Å². The number of aryl methyl sites for hydroxylation is 1. The van der Waals surface area contributed by atoms with Crippen molar-refractivity contribution in [3.8, 4) is 11.4 Å². The van der Waals surface area contributed by atoms with Crippen molar-refractivity contribution in [2.24, 2.45) is 0 Å². The second-order valence-electron chi connectivity index (χ2n) is 5.59. The van der Waals surface area contributed by atoms with Gasteiger partial charge in [-0.3, -0.25) is 0 Å². The van der Waals surface area contributed by atoms with Crippen LogP contribution in [-0.4, -0.2) is 9.97 Å². The fraction of sp³-hybridized carbons (Fsp3) is 0.333. The third-order valence-electron chi connectivity index (χ3n) is 2.88. The fourth-order valence-corrected chi connectivity index (χ4v) is 1.84. The van der Waals surface area contributed by atoms with Crippen molar-refractivity contribution in [3.05, 3.63) is 41.6 Å². The maximum absolute atomic E-state index is 5.74. The SMILES string of the molecule is Cc1cc(N)nc(-c2ccc(C(C)(C)C)cc2)n1. The predicted octanol–water partition coefficient (Wildman–Crippen LogP) is 3.33. The van der Waals surface area contributed by atoms with Crippen molar-refractivity contribution in [3.63, 3.8) is 0 Å². The molecule has 0 saturated heterocycles. The van der Waals surface area contributed by atoms with Crippen molar-refractivity contribution in [1.82, 2.24) is 9.97 Å². The summed E-state index contributed by atoms with van der Waals surface area (Å²) in [6.07, 6.45) is 0. The lowest BCUT2D eigenvalue weighted by molar-refractivity contribution is 0.590. The van der Waals surface area contributed by atoms with Crippen molar-refractivity contribution in [2.45, 2.75) is 33.1 Å². The van der Waals surface area contributed by atoms with Gasteiger partial charge in [0.15, 0.2) is 5.82 Å². The highest BCUT2D eigenvalue weighted by Gasteiger charge is 2.13. The topological polar surface area (TPSA) is 51.8 Å². The summed E-state index contributed by atoms with van der Waals surface area (Å²) in [7, 11) is 0. The molecule has 18 heavy (non-hydrogen) atoms. The van der Waals surface area contributed by atoms with E-state index in [0.717, 1.165) is 11.3 Å². The highest BCUT2D eigenvalue weighted by atomic mass is 14.9. The van der Waals surface area contributed by atoms with E-state index >= 15 is 0 Å². The zero-order chi connectivity index (χ0) is 13.3. The van der Waals surface area contributed by atoms with Crippen LogP contribution in [0.1, 0.15) is 32.0 Å². The summed E-state index contributed by atoms with van der Waals surface area (Å²) in [5.74, 6) is 1.20. The van der Waals surface area contributed by atoms with Gasteiger partial charge in [0.05, 0.1) is 0 Å². The summed E-state index contributed by atoms with van der Waals surface area (Å²) in [5, 5.41) is 0. The summed E-state index contributed by atoms with van der Waals surface area (Å²) < 4.78 is 0. The van der Waals surface area contributed by atoms with E-state index in [1.807, 2.05) is 6.92 Å². The highest BCUT2D eigenvalue weighted by Crippen LogP contribution is 2.25. The summed E-state index contributed by atoms with van der Waals surface area (Å²) in [4.78, 5) is 8.67. The lowest BCUT2D eigenvalue weighted by Gasteiger charge is -2.19. The Hall–Kier alpha value is -1.90. The van der Waals surface area contributed by atoms with Gasteiger partial charge < -0.3 is 5.73 Å². The molecule has 2 N–H and O–H groups in total. The Labute approximate surface area is 108 Å². The molecule has 0 unspecified atom stereocenters. The van der Waals surface area contributed by atoms with Gasteiger partial charge in [0, 0.05) is 17.3 Å². The number of aromatic nitrogens is 2. The lowest BCUT2D eigenvalue weighted by atomic mass is 9.87. The van der Waals surface area contributed by atoms with E-state index in [1.165, 1.54) is 5.56 Å². The molecule has 1 aromatic carbocycles. The third-order valence-corrected chi connectivity index (χ3v) is 2.88. The minimum atomic E-state index is 0.158. The second kappa shape index (κ2) is 4.41. The van der Waals surface area contributed by atoms with Crippen LogP contribution in [0, 0.1) is 6.92 Å². The Balaban J connectivity index is 2.40. The molecule has 0 radical (unpaired) electrons. The van der Waals surface area contributed by atoms with Crippen LogP contribution < -0.4 is 5.73 Å². The molecule has 2 aromatic rings. The van der Waals surface area contributed by atoms with Gasteiger partial charge in [-0.2, -0.15) is 0 Å². The Morgan fingerprint density at radius 2 is 1.61 bits per heavy atom. The van der Waals surface area contributed by atoms with E-state index in [-0.39, 0.29) is 5.41 Å². The second-order valence-corrected chi connectivity index (χ2v) is 5.59. The van der Waals surface area contributed by atoms with Crippen LogP contribution in [0.15, 0.2) is 30.3 Å². The Morgan fingerprint density at radius 1 is 1.00 bits per heavy atom. The number of nitrogen functional groups attached to an aromatic ring is 1. The van der Waals surface area contributed by atoms with Gasteiger partial charge in [0.1, 0.15) is 5.82 Å². The van der Waals surface area contributed by atoms with E-state index in [1.54, 1.807) is 6.07 Å². The molecule has 0 saturated carbocycles. The highest BCUT2D eigenvalue weighted by molar-refractivity contribution is 5.57. The third kappa shape index (κ3) is 2.67. The van der Waals surface area contributed by atoms with Crippen LogP contribution in [0.3, 0.4) is 0 Å². The van der Waals surface area contributed by atoms with Crippen molar-refractivity contribution < 1.29 is 0 Å². The smallest absolute Gasteiger partial charge is 0.161 e. The molecule has 1 aromatic heterocycles. The van der Waals surface area contributed by atoms with Gasteiger partial charge in [-0.05, 0) is 17.9 Å². The number of hydrogen-bond acceptors (Lipinski definition) is 3. The van der Waals surface area contributed by atoms with E-state index in [9.17, 15) is 0 Å². The number of benzene rings is 1. The van der Waals surface area contributed by atoms with Gasteiger partial charge in [-0.25, -0.2) is 9.97 Å². The minimum absolute atomic E-state index is 0.158. The van der Waals surface area contributed by atoms with Crippen LogP contribution >= 0.6 is 0 Å². The molecule has 0 spiro atoms. The van der Waals surface area contributed by atoms with Crippen molar-refractivity contribution >= 4 is 5.82 Å². The molecule has 1 heterocycles. The molecule has 2 rings (SSSR count). The molecule has 0 aliphatic carbocycles. The van der Waals surface area contributed by atoms with E-state index in [0.29, 0.717) is 11.6 Å². The standard InChI is InChI=1S/C15H19N3/c1-10-9-13(16)18-14(17-10)11-5-7-12(8-6-11)15(2,3)4/h5-9H,1-4H3,(H2,16,17,18). The Kier molecular flexibility index (Phi) is 3.07. The predicted molar refractivity (Wildman–Crippen MR) is 75.3 cm³/mol. The molecular formula is C15H19N3. The Morgan fingerprint density at radius 3 is 2.11 bits per heavy atom. The first-order valence-electron chi connectivity index (χ1n) is 6.08. The first-order valence-corrected chi connectivity index (χ1v) is 6.08. The summed E-state index contributed by atoms with van der Waals surface area (Å²) in [5.41, 5.74) is 9.09. The average Bonchev–Trinajstić information content (AvgIpc) is 2.27. The minimum Gasteiger partial charge on any atom is -0.384 e. The molecule has 0 amide bonds. The van der Waals surface area contributed by atoms with E-state index in [4.69, 9.17) is 5.73 Å². The molecule has 94 valence electrons. The summed E-state index contributed by atoms with van der Waals surface area (Å²) >= 11 is 0. The summed E-state index contributed by atoms with van der Waals surface area (Å²) in [6.45, 7) is 8.51. The average molecular weight is 241 g/mol. The Bertz CT molecular complexity index is 531. The zero-order valence-electron chi connectivity index (χ0n) is 11.4. The number of nitrogens with two attached hydrogens (primary N) is 1. The van der Waals surface area contributed by atoms with Crippen LogP contribution in [-0.2, 0) is 5.41 Å². The van der Waals surface area contributed by atoms with Gasteiger partial charge >= 0.3 is 0 Å². The van der Waals surface area contributed by atoms with Crippen molar-refractivity contribution in [1.29, 1.82) is 0 Å². The largest absolute Gasteiger partial charge is 0.384 e. The first kappa shape index (κ1) is 12.6. The molecule has 0 aliphatic rings. The van der Waals surface area contributed by atoms with Crippen LogP contribution in [0.2, 0.25) is 0 Å². The number of rotatable bonds is 1. The van der Waals surface area contributed by atoms with Gasteiger partial charge in [0.2, 0.25) is 0 Å². The van der Waals surface area contributed by atoms with E-state index < -0.39 is 0 Å². The lowest BCUT2D eigenvalue weighted by Crippen LogP contribution is -2.10. The van der Waals surface area contributed by atoms with Crippen molar-refractivity contribution in [2.75, 3.05) is 5.73 Å². The number of nitrogens with zero attached hydrogens (tertiary/aromatic N) is 2. The maximum Gasteiger partial charge on any atom is 0.161 e. The van der Waals surface area contributed by atoms with Crippen LogP contribution in [0.25, 0.3) is 11.4 Å². The fourth-order valence-electron chi connectivity index (χ4n) is 1.84. The molecule has 0 aliphatic heterocycles. The molecular weight excluding hydrogens is 222 g/mol. The monoisotopic (exact) mass is 241 g/mol. The zero-order valence-corrected chi connectivity index (χ0v) is 11.4. The van der Waals surface area contributed by atoms with Crippen LogP contribution in [0.5, 0.6) is 0 Å². The van der Waals surface area contributed by atoms with Gasteiger partial charge in [0.25, 0.3) is 0 Å². The van der Waals surface area contributed by atoms with E-state index in [2.05, 4.69) is 55.0 Å². The van der Waals surface area contributed by atoms with Gasteiger partial charge in [-0.15, -0.1) is 0 Å². The number of anilines is 1. The normalized spacial score (nSPS) is 11.6. The first-order chi connectivity index (χ1) is 8.36. The molecule has 0 atom stereocenters. The number of hydrogen-bond donors (Lipinski definition) is 1. The maximum atomic E-state index is 5.74. The molecule has 3 nitrogen and oxygen atoms in total.